The Bertz CT molecular complexity index is 599. The van der Waals surface area contributed by atoms with E-state index in [-0.39, 0.29) is 18.2 Å². The molecule has 1 aromatic rings. The van der Waals surface area contributed by atoms with Gasteiger partial charge in [-0.3, -0.25) is 14.5 Å². The lowest BCUT2D eigenvalue weighted by atomic mass is 9.85. The molecule has 5 heteroatoms. The highest BCUT2D eigenvalue weighted by molar-refractivity contribution is 5.96. The van der Waals surface area contributed by atoms with Crippen LogP contribution in [-0.4, -0.2) is 23.3 Å². The summed E-state index contributed by atoms with van der Waals surface area (Å²) >= 11 is 0. The van der Waals surface area contributed by atoms with E-state index in [1.165, 1.54) is 4.90 Å². The Labute approximate surface area is 123 Å². The van der Waals surface area contributed by atoms with Crippen LogP contribution < -0.4 is 0 Å². The molecule has 1 heterocycles. The van der Waals surface area contributed by atoms with E-state index >= 15 is 0 Å². The predicted molar refractivity (Wildman–Crippen MR) is 74.5 cm³/mol. The highest BCUT2D eigenvalue weighted by atomic mass is 16.2. The third-order valence-electron chi connectivity index (χ3n) is 3.68. The van der Waals surface area contributed by atoms with Crippen LogP contribution in [-0.2, 0) is 9.59 Å². The van der Waals surface area contributed by atoms with Gasteiger partial charge in [0.15, 0.2) is 0 Å². The number of benzene rings is 1. The number of nitrogens with zero attached hydrogens (tertiary/aromatic N) is 3. The summed E-state index contributed by atoms with van der Waals surface area (Å²) in [5.74, 6) is -1.89. The molecule has 1 aromatic carbocycles. The maximum Gasteiger partial charge on any atom is 0.229 e. The molecule has 1 saturated heterocycles. The molecule has 5 nitrogen and oxygen atoms in total. The molecule has 2 rings (SSSR count). The number of amides is 2. The van der Waals surface area contributed by atoms with Crippen LogP contribution in [0.25, 0.3) is 0 Å². The molecule has 0 spiro atoms. The third kappa shape index (κ3) is 3.27. The van der Waals surface area contributed by atoms with Crippen molar-refractivity contribution in [2.24, 2.45) is 5.92 Å². The first-order valence-electron chi connectivity index (χ1n) is 6.84. The van der Waals surface area contributed by atoms with Gasteiger partial charge < -0.3 is 0 Å². The second kappa shape index (κ2) is 6.67. The third-order valence-corrected chi connectivity index (χ3v) is 3.68. The molecule has 1 atom stereocenters. The fourth-order valence-corrected chi connectivity index (χ4v) is 2.55. The minimum absolute atomic E-state index is 0.00153. The topological polar surface area (TPSA) is 85.0 Å². The molecule has 0 bridgehead atoms. The summed E-state index contributed by atoms with van der Waals surface area (Å²) in [6, 6.07) is 12.9. The molecular weight excluding hydrogens is 266 g/mol. The van der Waals surface area contributed by atoms with Crippen LogP contribution in [0.1, 0.15) is 30.7 Å². The molecular formula is C16H15N3O2. The Balaban J connectivity index is 2.21. The highest BCUT2D eigenvalue weighted by Crippen LogP contribution is 2.29. The molecule has 0 radical (unpaired) electrons. The zero-order chi connectivity index (χ0) is 15.2. The zero-order valence-corrected chi connectivity index (χ0v) is 11.5. The minimum Gasteiger partial charge on any atom is -0.283 e. The number of hydrogen-bond donors (Lipinski definition) is 0. The number of carbonyl (C=O) groups is 2. The van der Waals surface area contributed by atoms with Crippen molar-refractivity contribution in [3.8, 4) is 12.1 Å². The standard InChI is InChI=1S/C16H15N3O2/c17-10-13(11-18)14(12-5-2-1-3-6-12)9-16(21)19-8-4-7-15(19)20/h1-3,5-6,13-14H,4,7-9H2/t14-/m0/s1. The van der Waals surface area contributed by atoms with Crippen molar-refractivity contribution in [1.82, 2.24) is 4.90 Å². The van der Waals surface area contributed by atoms with Gasteiger partial charge in [-0.2, -0.15) is 10.5 Å². The van der Waals surface area contributed by atoms with Gasteiger partial charge in [0.05, 0.1) is 12.1 Å². The van der Waals surface area contributed by atoms with Gasteiger partial charge in [0.2, 0.25) is 11.8 Å². The summed E-state index contributed by atoms with van der Waals surface area (Å²) in [5.41, 5.74) is 0.769. The number of imide groups is 1. The predicted octanol–water partition coefficient (Wildman–Crippen LogP) is 1.97. The number of rotatable bonds is 4. The van der Waals surface area contributed by atoms with Gasteiger partial charge in [0.1, 0.15) is 5.92 Å². The van der Waals surface area contributed by atoms with E-state index in [1.54, 1.807) is 24.3 Å². The van der Waals surface area contributed by atoms with E-state index in [2.05, 4.69) is 0 Å². The van der Waals surface area contributed by atoms with Gasteiger partial charge in [-0.25, -0.2) is 0 Å². The maximum absolute atomic E-state index is 12.3. The summed E-state index contributed by atoms with van der Waals surface area (Å²) in [6.07, 6.45) is 1.07. The van der Waals surface area contributed by atoms with Crippen molar-refractivity contribution >= 4 is 11.8 Å². The molecule has 0 saturated carbocycles. The van der Waals surface area contributed by atoms with E-state index in [0.717, 1.165) is 5.56 Å². The molecule has 1 aliphatic rings. The monoisotopic (exact) mass is 281 g/mol. The van der Waals surface area contributed by atoms with Crippen molar-refractivity contribution in [3.05, 3.63) is 35.9 Å². The molecule has 1 aliphatic heterocycles. The highest BCUT2D eigenvalue weighted by Gasteiger charge is 2.31. The average Bonchev–Trinajstić information content (AvgIpc) is 2.94. The maximum atomic E-state index is 12.3. The van der Waals surface area contributed by atoms with Crippen molar-refractivity contribution in [2.45, 2.75) is 25.2 Å². The first-order valence-corrected chi connectivity index (χ1v) is 6.84. The molecule has 106 valence electrons. The van der Waals surface area contributed by atoms with Crippen molar-refractivity contribution < 1.29 is 9.59 Å². The molecule has 2 amide bonds. The average molecular weight is 281 g/mol. The Morgan fingerprint density at radius 3 is 2.43 bits per heavy atom. The van der Waals surface area contributed by atoms with E-state index in [0.29, 0.717) is 19.4 Å². The van der Waals surface area contributed by atoms with Crippen molar-refractivity contribution in [2.75, 3.05) is 6.54 Å². The Hall–Kier alpha value is -2.66. The molecule has 1 fully saturated rings. The lowest BCUT2D eigenvalue weighted by molar-refractivity contribution is -0.142. The van der Waals surface area contributed by atoms with E-state index in [4.69, 9.17) is 10.5 Å². The minimum atomic E-state index is -0.908. The molecule has 0 N–H and O–H groups in total. The SMILES string of the molecule is N#CC(C#N)[C@@H](CC(=O)N1CCCC1=O)c1ccccc1. The van der Waals surface area contributed by atoms with Crippen LogP contribution in [0.2, 0.25) is 0 Å². The van der Waals surface area contributed by atoms with Crippen molar-refractivity contribution in [3.63, 3.8) is 0 Å². The largest absolute Gasteiger partial charge is 0.283 e. The Morgan fingerprint density at radius 1 is 1.24 bits per heavy atom. The quantitative estimate of drug-likeness (QED) is 0.844. The molecule has 0 aromatic heterocycles. The first-order chi connectivity index (χ1) is 10.2. The summed E-state index contributed by atoms with van der Waals surface area (Å²) in [7, 11) is 0. The van der Waals surface area contributed by atoms with E-state index < -0.39 is 11.8 Å². The van der Waals surface area contributed by atoms with Gasteiger partial charge in [-0.1, -0.05) is 30.3 Å². The Kier molecular flexibility index (Phi) is 4.68. The number of hydrogen-bond acceptors (Lipinski definition) is 4. The normalized spacial score (nSPS) is 15.6. The summed E-state index contributed by atoms with van der Waals surface area (Å²) in [6.45, 7) is 0.433. The molecule has 0 unspecified atom stereocenters. The summed E-state index contributed by atoms with van der Waals surface area (Å²) in [5, 5.41) is 18.2. The van der Waals surface area contributed by atoms with Crippen LogP contribution in [0.15, 0.2) is 30.3 Å². The number of likely N-dealkylation sites (tertiary alicyclic amines) is 1. The number of nitriles is 2. The van der Waals surface area contributed by atoms with Crippen LogP contribution in [0, 0.1) is 28.6 Å². The van der Waals surface area contributed by atoms with Gasteiger partial charge in [-0.15, -0.1) is 0 Å². The van der Waals surface area contributed by atoms with Gasteiger partial charge in [0, 0.05) is 25.3 Å². The zero-order valence-electron chi connectivity index (χ0n) is 11.5. The second-order valence-electron chi connectivity index (χ2n) is 5.00. The Morgan fingerprint density at radius 2 is 1.90 bits per heavy atom. The molecule has 21 heavy (non-hydrogen) atoms. The van der Waals surface area contributed by atoms with Crippen LogP contribution >= 0.6 is 0 Å². The first kappa shape index (κ1) is 14.7. The number of carbonyl (C=O) groups excluding carboxylic acids is 2. The lowest BCUT2D eigenvalue weighted by Gasteiger charge is -2.20. The lowest BCUT2D eigenvalue weighted by Crippen LogP contribution is -2.33. The van der Waals surface area contributed by atoms with Gasteiger partial charge in [0.25, 0.3) is 0 Å². The summed E-state index contributed by atoms with van der Waals surface area (Å²) < 4.78 is 0. The fourth-order valence-electron chi connectivity index (χ4n) is 2.55. The van der Waals surface area contributed by atoms with Crippen LogP contribution in [0.4, 0.5) is 0 Å². The fraction of sp³-hybridized carbons (Fsp3) is 0.375. The van der Waals surface area contributed by atoms with Crippen LogP contribution in [0.5, 0.6) is 0 Å². The van der Waals surface area contributed by atoms with E-state index in [1.807, 2.05) is 18.2 Å². The smallest absolute Gasteiger partial charge is 0.229 e. The van der Waals surface area contributed by atoms with E-state index in [9.17, 15) is 9.59 Å². The molecule has 0 aliphatic carbocycles. The van der Waals surface area contributed by atoms with Gasteiger partial charge in [-0.05, 0) is 12.0 Å². The summed E-state index contributed by atoms with van der Waals surface area (Å²) in [4.78, 5) is 25.1. The second-order valence-corrected chi connectivity index (χ2v) is 5.00. The van der Waals surface area contributed by atoms with Gasteiger partial charge >= 0.3 is 0 Å². The van der Waals surface area contributed by atoms with Crippen molar-refractivity contribution in [1.29, 1.82) is 10.5 Å². The van der Waals surface area contributed by atoms with Crippen LogP contribution in [0.3, 0.4) is 0 Å².